The molecule has 0 spiro atoms. The molecule has 0 aromatic heterocycles. The summed E-state index contributed by atoms with van der Waals surface area (Å²) in [4.78, 5) is 23.2. The van der Waals surface area contributed by atoms with E-state index in [1.165, 1.54) is 0 Å². The molecule has 21 aliphatic rings. The summed E-state index contributed by atoms with van der Waals surface area (Å²) in [6.07, 6.45) is -71.4. The highest BCUT2D eigenvalue weighted by molar-refractivity contribution is 7.99. The van der Waals surface area contributed by atoms with Crippen molar-refractivity contribution in [1.29, 1.82) is 0 Å². The van der Waals surface area contributed by atoms with E-state index in [0.717, 1.165) is 23.5 Å². The van der Waals surface area contributed by atoms with Crippen molar-refractivity contribution < 1.29 is 183 Å². The molecular weight excluding hydrogens is 1260 g/mol. The molecule has 21 heterocycles. The number of carboxylic acids is 2. The van der Waals surface area contributed by atoms with E-state index in [1.54, 1.807) is 0 Å². The van der Waals surface area contributed by atoms with Gasteiger partial charge in [0.15, 0.2) is 44.0 Å². The predicted molar refractivity (Wildman–Crippen MR) is 280 cm³/mol. The standard InChI is InChI=1S/C48H80N2O37S2/c49-10(40(70)71)6-88-8-17-38-25(62)32(69)48(80-17)85-37-16(5-55)76-44(28(65)21(37)58)83-35-14(3-53)78-46(30(67)23(35)60)87-39-18(9-89-7-11(50)41(72)73)79-47(31(68)24(39)61)84-36-15(4-54)75-43(27(64)20(36)57)81-33-12(1-51)74-42(26(63)19(33)56)82-34-13(2-52)77-45(86-38)29(66)22(34)59/h10-39,42-48,51-69H,1-9,49-50H2,(H,70,71)(H,72,73)/t10-,11-,12?,13?,14?,15?,16?,17?,18?,19-,20-,21-,22-,23-,24-,25-,26+,27?,28?,29?,30?,31?,32?,33-,34-,35-,36-,37-,38-,39-,42?,43-,44+,45-,46+,47+,48-/m1/s1. The van der Waals surface area contributed by atoms with Crippen LogP contribution in [0.1, 0.15) is 0 Å². The van der Waals surface area contributed by atoms with Crippen LogP contribution in [-0.4, -0.2) is 402 Å². The normalized spacial score (nSPS) is 50.1. The van der Waals surface area contributed by atoms with Crippen LogP contribution in [0.5, 0.6) is 0 Å². The van der Waals surface area contributed by atoms with Crippen LogP contribution in [0.15, 0.2) is 0 Å². The molecule has 516 valence electrons. The molecule has 14 unspecified atom stereocenters. The number of thioether (sulfide) groups is 2. The van der Waals surface area contributed by atoms with Gasteiger partial charge in [-0.1, -0.05) is 0 Å². The van der Waals surface area contributed by atoms with Gasteiger partial charge in [-0.3, -0.25) is 9.59 Å². The van der Waals surface area contributed by atoms with Crippen molar-refractivity contribution in [2.45, 2.75) is 227 Å². The monoisotopic (exact) mass is 1340 g/mol. The molecule has 0 aromatic carbocycles. The van der Waals surface area contributed by atoms with Gasteiger partial charge >= 0.3 is 11.9 Å². The highest BCUT2D eigenvalue weighted by Gasteiger charge is 2.60. The second-order valence-corrected chi connectivity index (χ2v) is 24.4. The first-order valence-electron chi connectivity index (χ1n) is 28.1. The Labute approximate surface area is 511 Å². The molecule has 0 radical (unpaired) electrons. The Bertz CT molecular complexity index is 2200. The van der Waals surface area contributed by atoms with E-state index < -0.39 is 284 Å². The largest absolute Gasteiger partial charge is 0.480 e. The van der Waals surface area contributed by atoms with Gasteiger partial charge < -0.3 is 185 Å². The molecule has 41 heteroatoms. The van der Waals surface area contributed by atoms with Crippen molar-refractivity contribution in [3.05, 3.63) is 0 Å². The lowest BCUT2D eigenvalue weighted by Gasteiger charge is -2.50. The third-order valence-corrected chi connectivity index (χ3v) is 18.5. The molecule has 14 bridgehead atoms. The highest BCUT2D eigenvalue weighted by atomic mass is 32.2. The zero-order valence-electron chi connectivity index (χ0n) is 46.6. The Morgan fingerprint density at radius 1 is 0.281 bits per heavy atom. The average Bonchev–Trinajstić information content (AvgIpc) is 0.983. The number of nitrogens with two attached hydrogens (primary N) is 2. The van der Waals surface area contributed by atoms with Crippen molar-refractivity contribution in [2.24, 2.45) is 11.5 Å². The number of aliphatic hydroxyl groups excluding tert-OH is 19. The number of carbonyl (C=O) groups is 2. The average molecular weight is 1340 g/mol. The minimum Gasteiger partial charge on any atom is -0.480 e. The van der Waals surface area contributed by atoms with E-state index >= 15 is 0 Å². The van der Waals surface area contributed by atoms with Gasteiger partial charge in [0, 0.05) is 23.0 Å². The zero-order valence-corrected chi connectivity index (χ0v) is 48.3. The summed E-state index contributed by atoms with van der Waals surface area (Å²) >= 11 is 1.60. The molecule has 21 rings (SSSR count). The first kappa shape index (κ1) is 73.1. The SMILES string of the molecule is N[C@H](CSCC1O[C@@H]2O[C@@H]3C(CO)O[C@@H](O[C@@H]4C(CO)O[C@@H](O[C@@H]5C(CSC[C@@H](N)C(=O)O)O[C@@H](O[C@@H]6C(CO)O[C@H](O[C@@H]7C(CO)OC(O[C@@H]8C(CO)O[C@H](O[C@H]1[C@H](O)C2O)C(O)[C@H]8O)[C@@H](O)[C@H]7O)C(O)[C@H]6O)C(O)[C@H]5O)C(O)[C@H]4O)C(O)[C@H]3O)C(=O)O. The number of hydrogen-bond donors (Lipinski definition) is 23. The lowest BCUT2D eigenvalue weighted by Crippen LogP contribution is -2.68. The predicted octanol–water partition coefficient (Wildman–Crippen LogP) is -14.9. The number of carboxylic acid groups (broad SMARTS) is 2. The van der Waals surface area contributed by atoms with Gasteiger partial charge in [-0.05, 0) is 0 Å². The summed E-state index contributed by atoms with van der Waals surface area (Å²) in [5.41, 5.74) is 11.4. The van der Waals surface area contributed by atoms with Gasteiger partial charge in [0.1, 0.15) is 171 Å². The molecule has 21 aliphatic heterocycles. The molecule has 37 atom stereocenters. The summed E-state index contributed by atoms with van der Waals surface area (Å²) in [7, 11) is 0. The Morgan fingerprint density at radius 3 is 0.596 bits per heavy atom. The minimum absolute atomic E-state index is 0.319. The second-order valence-electron chi connectivity index (χ2n) is 22.3. The van der Waals surface area contributed by atoms with Crippen molar-refractivity contribution >= 4 is 35.5 Å². The van der Waals surface area contributed by atoms with Crippen LogP contribution in [-0.2, 0) is 75.9 Å². The van der Waals surface area contributed by atoms with Gasteiger partial charge in [-0.2, -0.15) is 23.5 Å². The van der Waals surface area contributed by atoms with Crippen LogP contribution in [0.4, 0.5) is 0 Å². The van der Waals surface area contributed by atoms with E-state index in [4.69, 9.17) is 77.8 Å². The van der Waals surface area contributed by atoms with Gasteiger partial charge in [-0.25, -0.2) is 0 Å². The third-order valence-electron chi connectivity index (χ3n) is 16.2. The number of ether oxygens (including phenoxy) is 14. The summed E-state index contributed by atoms with van der Waals surface area (Å²) < 4.78 is 81.6. The first-order valence-corrected chi connectivity index (χ1v) is 30.4. The van der Waals surface area contributed by atoms with Gasteiger partial charge in [-0.15, -0.1) is 0 Å². The third kappa shape index (κ3) is 15.9. The van der Waals surface area contributed by atoms with Crippen molar-refractivity contribution in [3.8, 4) is 0 Å². The molecular formula is C48H80N2O37S2. The lowest BCUT2D eigenvalue weighted by atomic mass is 9.95. The Morgan fingerprint density at radius 2 is 0.438 bits per heavy atom. The maximum Gasteiger partial charge on any atom is 0.321 e. The Hall–Kier alpha value is -1.76. The quantitative estimate of drug-likeness (QED) is 0.0724. The summed E-state index contributed by atoms with van der Waals surface area (Å²) in [5.74, 6) is -4.26. The fourth-order valence-electron chi connectivity index (χ4n) is 11.2. The Balaban J connectivity index is 1.11. The summed E-state index contributed by atoms with van der Waals surface area (Å²) in [6.45, 7) is -5.43. The highest BCUT2D eigenvalue weighted by Crippen LogP contribution is 2.40. The van der Waals surface area contributed by atoms with Gasteiger partial charge in [0.05, 0.1) is 45.2 Å². The molecule has 21 fully saturated rings. The molecule has 39 nitrogen and oxygen atoms in total. The molecule has 89 heavy (non-hydrogen) atoms. The van der Waals surface area contributed by atoms with Crippen LogP contribution in [0.3, 0.4) is 0 Å². The topological polar surface area (TPSA) is 640 Å². The van der Waals surface area contributed by atoms with Crippen LogP contribution < -0.4 is 11.5 Å². The van der Waals surface area contributed by atoms with Crippen LogP contribution in [0.25, 0.3) is 0 Å². The molecule has 25 N–H and O–H groups in total. The molecule has 0 aromatic rings. The number of aliphatic hydroxyl groups is 19. The van der Waals surface area contributed by atoms with E-state index in [9.17, 15) is 117 Å². The minimum atomic E-state index is -2.27. The molecule has 0 saturated carbocycles. The zero-order chi connectivity index (χ0) is 65.2. The number of hydrogen-bond acceptors (Lipinski definition) is 39. The van der Waals surface area contributed by atoms with E-state index in [-0.39, 0.29) is 11.5 Å². The smallest absolute Gasteiger partial charge is 0.321 e. The van der Waals surface area contributed by atoms with Crippen molar-refractivity contribution in [3.63, 3.8) is 0 Å². The summed E-state index contributed by atoms with van der Waals surface area (Å²) in [5, 5.41) is 233. The fraction of sp³-hybridized carbons (Fsp3) is 0.958. The summed E-state index contributed by atoms with van der Waals surface area (Å²) in [6, 6.07) is -2.94. The van der Waals surface area contributed by atoms with E-state index in [1.807, 2.05) is 0 Å². The first-order chi connectivity index (χ1) is 42.2. The van der Waals surface area contributed by atoms with Crippen LogP contribution in [0, 0.1) is 0 Å². The van der Waals surface area contributed by atoms with Crippen LogP contribution in [0.2, 0.25) is 0 Å². The maximum absolute atomic E-state index is 11.7. The van der Waals surface area contributed by atoms with Crippen molar-refractivity contribution in [1.82, 2.24) is 0 Å². The maximum atomic E-state index is 11.7. The fourth-order valence-corrected chi connectivity index (χ4v) is 13.2. The second kappa shape index (κ2) is 31.9. The van der Waals surface area contributed by atoms with E-state index in [0.29, 0.717) is 0 Å². The number of aliphatic carboxylic acids is 2. The van der Waals surface area contributed by atoms with Gasteiger partial charge in [0.2, 0.25) is 0 Å². The lowest BCUT2D eigenvalue weighted by molar-refractivity contribution is -0.395. The molecule has 0 aliphatic carbocycles. The van der Waals surface area contributed by atoms with E-state index in [2.05, 4.69) is 0 Å². The van der Waals surface area contributed by atoms with Crippen molar-refractivity contribution in [2.75, 3.05) is 56.0 Å². The number of rotatable bonds is 15. The molecule has 0 amide bonds. The van der Waals surface area contributed by atoms with Crippen LogP contribution >= 0.6 is 23.5 Å². The van der Waals surface area contributed by atoms with Gasteiger partial charge in [0.25, 0.3) is 0 Å². The molecule has 21 saturated heterocycles. The Kier molecular flexibility index (Phi) is 26.2.